The summed E-state index contributed by atoms with van der Waals surface area (Å²) in [6.45, 7) is 0. The van der Waals surface area contributed by atoms with Crippen LogP contribution in [0.25, 0.3) is 0 Å². The minimum Gasteiger partial charge on any atom is -0.252 e. The molecule has 2 aliphatic rings. The van der Waals surface area contributed by atoms with E-state index in [2.05, 4.69) is 4.99 Å². The second-order valence-electron chi connectivity index (χ2n) is 1.89. The molecule has 0 aromatic rings. The Labute approximate surface area is 52.4 Å². The Bertz CT molecular complexity index is 215. The maximum absolute atomic E-state index is 5.80. The predicted octanol–water partition coefficient (Wildman–Crippen LogP) is 1.50. The second kappa shape index (κ2) is 1.06. The summed E-state index contributed by atoms with van der Waals surface area (Å²) >= 11 is 5.80. The largest absolute Gasteiger partial charge is 0.252 e. The van der Waals surface area contributed by atoms with Gasteiger partial charge < -0.3 is 0 Å². The molecule has 1 aliphatic heterocycles. The molecule has 8 heavy (non-hydrogen) atoms. The number of fused-ring (bicyclic) bond motifs is 1. The number of alkyl halides is 1. The number of aliphatic imine (C=N–C) groups is 1. The third-order valence-electron chi connectivity index (χ3n) is 1.27. The zero-order chi connectivity index (χ0) is 5.61. The van der Waals surface area contributed by atoms with Gasteiger partial charge in [-0.3, -0.25) is 4.99 Å². The van der Waals surface area contributed by atoms with Gasteiger partial charge in [0.05, 0.1) is 5.71 Å². The van der Waals surface area contributed by atoms with Crippen LogP contribution < -0.4 is 0 Å². The maximum Gasteiger partial charge on any atom is 0.194 e. The van der Waals surface area contributed by atoms with Crippen LogP contribution >= 0.6 is 11.6 Å². The first-order valence-corrected chi connectivity index (χ1v) is 2.84. The molecule has 0 fully saturated rings. The normalized spacial score (nSPS) is 38.9. The fourth-order valence-electron chi connectivity index (χ4n) is 0.754. The van der Waals surface area contributed by atoms with Crippen LogP contribution in [-0.2, 0) is 0 Å². The van der Waals surface area contributed by atoms with E-state index in [1.54, 1.807) is 0 Å². The van der Waals surface area contributed by atoms with Crippen molar-refractivity contribution in [2.45, 2.75) is 5.00 Å². The monoisotopic (exact) mass is 125 g/mol. The molecule has 1 unspecified atom stereocenters. The second-order valence-corrected chi connectivity index (χ2v) is 2.46. The lowest BCUT2D eigenvalue weighted by Gasteiger charge is -1.97. The molecular weight excluding hydrogens is 122 g/mol. The van der Waals surface area contributed by atoms with Crippen LogP contribution in [0.15, 0.2) is 29.3 Å². The minimum absolute atomic E-state index is 0.408. The number of hydrogen-bond acceptors (Lipinski definition) is 1. The van der Waals surface area contributed by atoms with Crippen LogP contribution in [0.2, 0.25) is 0 Å². The van der Waals surface area contributed by atoms with Crippen LogP contribution in [0.3, 0.4) is 0 Å². The van der Waals surface area contributed by atoms with E-state index in [1.807, 2.05) is 24.3 Å². The van der Waals surface area contributed by atoms with Crippen molar-refractivity contribution in [3.63, 3.8) is 0 Å². The van der Waals surface area contributed by atoms with Crippen molar-refractivity contribution in [1.29, 1.82) is 0 Å². The van der Waals surface area contributed by atoms with Gasteiger partial charge in [0, 0.05) is 0 Å². The molecule has 0 saturated heterocycles. The van der Waals surface area contributed by atoms with Gasteiger partial charge >= 0.3 is 0 Å². The molecule has 1 atom stereocenters. The highest BCUT2D eigenvalue weighted by Gasteiger charge is 2.41. The summed E-state index contributed by atoms with van der Waals surface area (Å²) < 4.78 is 0. The molecule has 1 aliphatic carbocycles. The van der Waals surface area contributed by atoms with E-state index in [-0.39, 0.29) is 0 Å². The average molecular weight is 126 g/mol. The van der Waals surface area contributed by atoms with Crippen molar-refractivity contribution in [3.05, 3.63) is 24.3 Å². The molecule has 0 saturated carbocycles. The molecule has 0 amide bonds. The first-order valence-electron chi connectivity index (χ1n) is 2.46. The van der Waals surface area contributed by atoms with Crippen LogP contribution in [0.1, 0.15) is 0 Å². The average Bonchev–Trinajstić information content (AvgIpc) is 2.39. The summed E-state index contributed by atoms with van der Waals surface area (Å²) in [5.41, 5.74) is 0.988. The Morgan fingerprint density at radius 2 is 2.38 bits per heavy atom. The van der Waals surface area contributed by atoms with E-state index in [0.717, 1.165) is 5.71 Å². The number of rotatable bonds is 0. The fraction of sp³-hybridized carbons (Fsp3) is 0.167. The zero-order valence-electron chi connectivity index (χ0n) is 4.13. The van der Waals surface area contributed by atoms with Crippen molar-refractivity contribution >= 4 is 17.3 Å². The lowest BCUT2D eigenvalue weighted by atomic mass is 10.2. The lowest BCUT2D eigenvalue weighted by Crippen LogP contribution is -2.05. The minimum atomic E-state index is -0.408. The molecule has 0 aromatic heterocycles. The van der Waals surface area contributed by atoms with E-state index < -0.39 is 5.00 Å². The van der Waals surface area contributed by atoms with Gasteiger partial charge in [-0.1, -0.05) is 23.8 Å². The fourth-order valence-corrected chi connectivity index (χ4v) is 0.981. The summed E-state index contributed by atoms with van der Waals surface area (Å²) in [4.78, 5) is 3.59. The highest BCUT2D eigenvalue weighted by molar-refractivity contribution is 6.46. The van der Waals surface area contributed by atoms with E-state index in [4.69, 9.17) is 11.6 Å². The molecule has 0 bridgehead atoms. The standard InChI is InChI=1S/C6H4ClN/c7-6-4-2-1-3-5(6)8-6/h1-4H. The molecule has 0 aromatic carbocycles. The van der Waals surface area contributed by atoms with Crippen LogP contribution in [-0.4, -0.2) is 10.7 Å². The SMILES string of the molecule is ClC12C=CC=CC1=N2. The first kappa shape index (κ1) is 4.33. The third kappa shape index (κ3) is 0.397. The Balaban J connectivity index is 2.40. The van der Waals surface area contributed by atoms with Gasteiger partial charge in [-0.25, -0.2) is 0 Å². The number of nitrogens with zero attached hydrogens (tertiary/aromatic N) is 1. The Morgan fingerprint density at radius 1 is 1.50 bits per heavy atom. The summed E-state index contributed by atoms with van der Waals surface area (Å²) in [7, 11) is 0. The number of allylic oxidation sites excluding steroid dienone is 2. The van der Waals surface area contributed by atoms with Crippen molar-refractivity contribution in [2.24, 2.45) is 4.99 Å². The highest BCUT2D eigenvalue weighted by atomic mass is 35.5. The maximum atomic E-state index is 5.80. The lowest BCUT2D eigenvalue weighted by molar-refractivity contribution is 1.17. The molecule has 40 valence electrons. The van der Waals surface area contributed by atoms with Crippen molar-refractivity contribution in [1.82, 2.24) is 0 Å². The molecule has 2 rings (SSSR count). The zero-order valence-corrected chi connectivity index (χ0v) is 4.89. The molecule has 0 N–H and O–H groups in total. The Morgan fingerprint density at radius 3 is 2.88 bits per heavy atom. The Kier molecular flexibility index (Phi) is 0.571. The summed E-state index contributed by atoms with van der Waals surface area (Å²) in [6.07, 6.45) is 7.65. The van der Waals surface area contributed by atoms with E-state index in [9.17, 15) is 0 Å². The van der Waals surface area contributed by atoms with Crippen LogP contribution in [0, 0.1) is 0 Å². The number of hydrogen-bond donors (Lipinski definition) is 0. The summed E-state index contributed by atoms with van der Waals surface area (Å²) in [6, 6.07) is 0. The van der Waals surface area contributed by atoms with Gasteiger partial charge in [0.25, 0.3) is 0 Å². The van der Waals surface area contributed by atoms with Gasteiger partial charge in [-0.05, 0) is 12.2 Å². The van der Waals surface area contributed by atoms with Crippen molar-refractivity contribution < 1.29 is 0 Å². The van der Waals surface area contributed by atoms with Crippen molar-refractivity contribution in [3.8, 4) is 0 Å². The van der Waals surface area contributed by atoms with E-state index in [1.165, 1.54) is 0 Å². The van der Waals surface area contributed by atoms with Crippen molar-refractivity contribution in [2.75, 3.05) is 0 Å². The predicted molar refractivity (Wildman–Crippen MR) is 34.3 cm³/mol. The topological polar surface area (TPSA) is 12.4 Å². The quantitative estimate of drug-likeness (QED) is 0.344. The molecule has 1 nitrogen and oxygen atoms in total. The van der Waals surface area contributed by atoms with Gasteiger partial charge in [-0.15, -0.1) is 0 Å². The van der Waals surface area contributed by atoms with Gasteiger partial charge in [0.2, 0.25) is 0 Å². The van der Waals surface area contributed by atoms with E-state index in [0.29, 0.717) is 0 Å². The third-order valence-corrected chi connectivity index (χ3v) is 1.68. The highest BCUT2D eigenvalue weighted by Crippen LogP contribution is 2.36. The van der Waals surface area contributed by atoms with E-state index >= 15 is 0 Å². The summed E-state index contributed by atoms with van der Waals surface area (Å²) in [5, 5.41) is 0. The molecule has 1 heterocycles. The van der Waals surface area contributed by atoms with Crippen LogP contribution in [0.4, 0.5) is 0 Å². The number of halogens is 1. The summed E-state index contributed by atoms with van der Waals surface area (Å²) in [5.74, 6) is 0. The van der Waals surface area contributed by atoms with Gasteiger partial charge in [0.1, 0.15) is 0 Å². The van der Waals surface area contributed by atoms with Gasteiger partial charge in [0.15, 0.2) is 5.00 Å². The van der Waals surface area contributed by atoms with Crippen LogP contribution in [0.5, 0.6) is 0 Å². The molecular formula is C6H4ClN. The smallest absolute Gasteiger partial charge is 0.194 e. The molecule has 0 radical (unpaired) electrons. The first-order chi connectivity index (χ1) is 3.81. The van der Waals surface area contributed by atoms with Gasteiger partial charge in [-0.2, -0.15) is 0 Å². The molecule has 0 spiro atoms. The Hall–Kier alpha value is -0.560. The molecule has 2 heteroatoms.